The molecule has 1 heterocycles. The highest BCUT2D eigenvalue weighted by molar-refractivity contribution is 5.20. The highest BCUT2D eigenvalue weighted by atomic mass is 19.2. The van der Waals surface area contributed by atoms with Crippen molar-refractivity contribution in [2.24, 2.45) is 5.92 Å². The number of hydrogen-bond donors (Lipinski definition) is 2. The van der Waals surface area contributed by atoms with E-state index in [1.165, 1.54) is 6.07 Å². The standard InChI is InChI=1S/C15H21F2NO2/c1-10(19)11-4-6-18(7-5-11)9-15(20)12-2-3-13(16)14(17)8-12/h2-3,8,10-11,15,19-20H,4-7,9H2,1H3. The van der Waals surface area contributed by atoms with Crippen molar-refractivity contribution >= 4 is 0 Å². The molecule has 2 N–H and O–H groups in total. The van der Waals surface area contributed by atoms with Gasteiger partial charge in [-0.15, -0.1) is 0 Å². The Morgan fingerprint density at radius 1 is 1.20 bits per heavy atom. The number of rotatable bonds is 4. The molecule has 3 nitrogen and oxygen atoms in total. The molecule has 20 heavy (non-hydrogen) atoms. The Morgan fingerprint density at radius 3 is 2.40 bits per heavy atom. The van der Waals surface area contributed by atoms with Crippen LogP contribution in [-0.4, -0.2) is 40.9 Å². The Morgan fingerprint density at radius 2 is 1.85 bits per heavy atom. The van der Waals surface area contributed by atoms with E-state index in [4.69, 9.17) is 0 Å². The van der Waals surface area contributed by atoms with Crippen molar-refractivity contribution in [3.05, 3.63) is 35.4 Å². The summed E-state index contributed by atoms with van der Waals surface area (Å²) in [5, 5.41) is 19.6. The van der Waals surface area contributed by atoms with Crippen LogP contribution in [0.5, 0.6) is 0 Å². The molecule has 1 aliphatic heterocycles. The Kier molecular flexibility index (Phi) is 5.07. The number of aliphatic hydroxyl groups excluding tert-OH is 2. The molecule has 2 unspecified atom stereocenters. The third-order valence-electron chi connectivity index (χ3n) is 4.07. The normalized spacial score (nSPS) is 20.9. The number of aliphatic hydroxyl groups is 2. The van der Waals surface area contributed by atoms with Crippen LogP contribution in [0.25, 0.3) is 0 Å². The number of halogens is 2. The zero-order chi connectivity index (χ0) is 14.7. The van der Waals surface area contributed by atoms with E-state index in [9.17, 15) is 19.0 Å². The Balaban J connectivity index is 1.89. The predicted molar refractivity (Wildman–Crippen MR) is 72.2 cm³/mol. The summed E-state index contributed by atoms with van der Waals surface area (Å²) in [6.45, 7) is 3.81. The van der Waals surface area contributed by atoms with E-state index in [0.717, 1.165) is 38.1 Å². The molecule has 2 atom stereocenters. The number of likely N-dealkylation sites (tertiary alicyclic amines) is 1. The molecule has 2 rings (SSSR count). The second-order valence-corrected chi connectivity index (χ2v) is 5.57. The monoisotopic (exact) mass is 285 g/mol. The van der Waals surface area contributed by atoms with Gasteiger partial charge in [-0.05, 0) is 56.5 Å². The van der Waals surface area contributed by atoms with Crippen LogP contribution in [0.2, 0.25) is 0 Å². The van der Waals surface area contributed by atoms with Gasteiger partial charge in [0.1, 0.15) is 0 Å². The fraction of sp³-hybridized carbons (Fsp3) is 0.600. The summed E-state index contributed by atoms with van der Waals surface area (Å²) >= 11 is 0. The van der Waals surface area contributed by atoms with Crippen LogP contribution in [-0.2, 0) is 0 Å². The van der Waals surface area contributed by atoms with Gasteiger partial charge in [0.05, 0.1) is 12.2 Å². The van der Waals surface area contributed by atoms with Gasteiger partial charge in [0, 0.05) is 6.54 Å². The van der Waals surface area contributed by atoms with Crippen molar-refractivity contribution in [1.29, 1.82) is 0 Å². The molecular formula is C15H21F2NO2. The van der Waals surface area contributed by atoms with Crippen molar-refractivity contribution in [3.63, 3.8) is 0 Å². The van der Waals surface area contributed by atoms with E-state index in [-0.39, 0.29) is 6.10 Å². The van der Waals surface area contributed by atoms with Crippen LogP contribution in [0, 0.1) is 17.6 Å². The summed E-state index contributed by atoms with van der Waals surface area (Å²) in [5.74, 6) is -1.53. The molecule has 0 aliphatic carbocycles. The summed E-state index contributed by atoms with van der Waals surface area (Å²) in [4.78, 5) is 2.09. The Labute approximate surface area is 117 Å². The third kappa shape index (κ3) is 3.75. The van der Waals surface area contributed by atoms with Crippen molar-refractivity contribution in [1.82, 2.24) is 4.90 Å². The fourth-order valence-corrected chi connectivity index (χ4v) is 2.69. The number of nitrogens with zero attached hydrogens (tertiary/aromatic N) is 1. The quantitative estimate of drug-likeness (QED) is 0.890. The molecule has 1 aromatic carbocycles. The molecule has 1 fully saturated rings. The molecule has 5 heteroatoms. The van der Waals surface area contributed by atoms with Crippen molar-refractivity contribution < 1.29 is 19.0 Å². The summed E-state index contributed by atoms with van der Waals surface area (Å²) in [6, 6.07) is 3.49. The van der Waals surface area contributed by atoms with E-state index in [0.29, 0.717) is 18.0 Å². The zero-order valence-corrected chi connectivity index (χ0v) is 11.6. The minimum Gasteiger partial charge on any atom is -0.393 e. The van der Waals surface area contributed by atoms with E-state index in [1.807, 2.05) is 0 Å². The largest absolute Gasteiger partial charge is 0.393 e. The van der Waals surface area contributed by atoms with Crippen LogP contribution < -0.4 is 0 Å². The van der Waals surface area contributed by atoms with Gasteiger partial charge in [0.2, 0.25) is 0 Å². The second-order valence-electron chi connectivity index (χ2n) is 5.57. The summed E-state index contributed by atoms with van der Waals surface area (Å²) in [5.41, 5.74) is 0.390. The van der Waals surface area contributed by atoms with Crippen LogP contribution in [0.3, 0.4) is 0 Å². The first kappa shape index (κ1) is 15.4. The first-order valence-corrected chi connectivity index (χ1v) is 7.01. The molecular weight excluding hydrogens is 264 g/mol. The van der Waals surface area contributed by atoms with Gasteiger partial charge in [-0.25, -0.2) is 8.78 Å². The number of benzene rings is 1. The maximum Gasteiger partial charge on any atom is 0.159 e. The lowest BCUT2D eigenvalue weighted by atomic mass is 9.92. The van der Waals surface area contributed by atoms with Gasteiger partial charge in [-0.3, -0.25) is 0 Å². The minimum atomic E-state index is -0.936. The van der Waals surface area contributed by atoms with Crippen molar-refractivity contribution in [3.8, 4) is 0 Å². The smallest absolute Gasteiger partial charge is 0.159 e. The maximum absolute atomic E-state index is 13.1. The molecule has 0 amide bonds. The summed E-state index contributed by atoms with van der Waals surface area (Å²) < 4.78 is 26.0. The zero-order valence-electron chi connectivity index (χ0n) is 11.6. The molecule has 1 saturated heterocycles. The van der Waals surface area contributed by atoms with Gasteiger partial charge in [0.25, 0.3) is 0 Å². The lowest BCUT2D eigenvalue weighted by Crippen LogP contribution is -2.39. The SMILES string of the molecule is CC(O)C1CCN(CC(O)c2ccc(F)c(F)c2)CC1. The van der Waals surface area contributed by atoms with Gasteiger partial charge >= 0.3 is 0 Å². The minimum absolute atomic E-state index is 0.298. The second kappa shape index (κ2) is 6.61. The summed E-state index contributed by atoms with van der Waals surface area (Å²) in [6.07, 6.45) is 0.658. The number of piperidine rings is 1. The van der Waals surface area contributed by atoms with E-state index < -0.39 is 17.7 Å². The third-order valence-corrected chi connectivity index (χ3v) is 4.07. The molecule has 0 saturated carbocycles. The molecule has 1 aliphatic rings. The van der Waals surface area contributed by atoms with Crippen molar-refractivity contribution in [2.75, 3.05) is 19.6 Å². The first-order chi connectivity index (χ1) is 9.47. The Hall–Kier alpha value is -1.04. The number of β-amino-alcohol motifs (C(OH)–C–C–N with tert-alkyl or cyclic N) is 1. The highest BCUT2D eigenvalue weighted by Crippen LogP contribution is 2.23. The average Bonchev–Trinajstić information content (AvgIpc) is 2.42. The Bertz CT molecular complexity index is 445. The predicted octanol–water partition coefficient (Wildman–Crippen LogP) is 2.09. The summed E-state index contributed by atoms with van der Waals surface area (Å²) in [7, 11) is 0. The van der Waals surface area contributed by atoms with Crippen LogP contribution in [0.4, 0.5) is 8.78 Å². The molecule has 0 radical (unpaired) electrons. The lowest BCUT2D eigenvalue weighted by Gasteiger charge is -2.34. The van der Waals surface area contributed by atoms with Crippen LogP contribution in [0.15, 0.2) is 18.2 Å². The average molecular weight is 285 g/mol. The fourth-order valence-electron chi connectivity index (χ4n) is 2.69. The first-order valence-electron chi connectivity index (χ1n) is 7.01. The van der Waals surface area contributed by atoms with Gasteiger partial charge in [0.15, 0.2) is 11.6 Å². The van der Waals surface area contributed by atoms with Crippen LogP contribution >= 0.6 is 0 Å². The lowest BCUT2D eigenvalue weighted by molar-refractivity contribution is 0.0484. The highest BCUT2D eigenvalue weighted by Gasteiger charge is 2.24. The van der Waals surface area contributed by atoms with Gasteiger partial charge < -0.3 is 15.1 Å². The van der Waals surface area contributed by atoms with Gasteiger partial charge in [-0.1, -0.05) is 6.07 Å². The molecule has 1 aromatic rings. The topological polar surface area (TPSA) is 43.7 Å². The van der Waals surface area contributed by atoms with E-state index in [2.05, 4.69) is 4.90 Å². The van der Waals surface area contributed by atoms with Crippen molar-refractivity contribution in [2.45, 2.75) is 32.0 Å². The molecule has 0 aromatic heterocycles. The van der Waals surface area contributed by atoms with Crippen LogP contribution in [0.1, 0.15) is 31.4 Å². The molecule has 0 bridgehead atoms. The van der Waals surface area contributed by atoms with Gasteiger partial charge in [-0.2, -0.15) is 0 Å². The number of hydrogen-bond acceptors (Lipinski definition) is 3. The molecule has 0 spiro atoms. The molecule has 112 valence electrons. The maximum atomic E-state index is 13.1. The van der Waals surface area contributed by atoms with E-state index in [1.54, 1.807) is 6.92 Å². The van der Waals surface area contributed by atoms with E-state index >= 15 is 0 Å².